The minimum atomic E-state index is -0.507. The second-order valence-corrected chi connectivity index (χ2v) is 9.83. The highest BCUT2D eigenvalue weighted by atomic mass is 16.5. The van der Waals surface area contributed by atoms with Gasteiger partial charge in [0.2, 0.25) is 17.7 Å². The highest BCUT2D eigenvalue weighted by Gasteiger charge is 2.29. The molecular formula is C30H35N5O3. The van der Waals surface area contributed by atoms with Crippen molar-refractivity contribution in [2.24, 2.45) is 5.92 Å². The number of piperidine rings is 1. The van der Waals surface area contributed by atoms with E-state index in [1.165, 1.54) is 16.5 Å². The van der Waals surface area contributed by atoms with Crippen LogP contribution in [0.25, 0.3) is 10.9 Å². The molecule has 0 saturated carbocycles. The van der Waals surface area contributed by atoms with E-state index in [1.807, 2.05) is 31.2 Å². The average Bonchev–Trinajstić information content (AvgIpc) is 3.38. The number of para-hydroxylation sites is 1. The lowest BCUT2D eigenvalue weighted by atomic mass is 9.94. The number of ether oxygens (including phenoxy) is 2. The minimum Gasteiger partial charge on any atom is -0.481 e. The van der Waals surface area contributed by atoms with Crippen LogP contribution in [0.5, 0.6) is 11.8 Å². The number of aryl methyl sites for hydroxylation is 1. The van der Waals surface area contributed by atoms with Crippen LogP contribution in [0.3, 0.4) is 0 Å². The summed E-state index contributed by atoms with van der Waals surface area (Å²) < 4.78 is 10.7. The molecule has 3 heterocycles. The molecule has 1 aliphatic heterocycles. The summed E-state index contributed by atoms with van der Waals surface area (Å²) in [5, 5.41) is 4.55. The highest BCUT2D eigenvalue weighted by Crippen LogP contribution is 2.28. The van der Waals surface area contributed by atoms with Crippen molar-refractivity contribution >= 4 is 16.8 Å². The molecule has 2 aromatic carbocycles. The first-order valence-electron chi connectivity index (χ1n) is 13.2. The SMILES string of the molecule is COc1cc(OC)nc(C(NC(=O)C2CCN(CCc3c[nH]c4ccccc34)CC2)c2ccccc2C)n1. The van der Waals surface area contributed by atoms with E-state index in [2.05, 4.69) is 55.6 Å². The Kier molecular flexibility index (Phi) is 7.89. The second-order valence-electron chi connectivity index (χ2n) is 9.83. The molecular weight excluding hydrogens is 478 g/mol. The van der Waals surface area contributed by atoms with Crippen LogP contribution in [0, 0.1) is 12.8 Å². The van der Waals surface area contributed by atoms with Gasteiger partial charge in [0.25, 0.3) is 0 Å². The molecule has 0 bridgehead atoms. The first-order chi connectivity index (χ1) is 18.6. The number of H-pyrrole nitrogens is 1. The Morgan fingerprint density at radius 2 is 1.74 bits per heavy atom. The molecule has 2 N–H and O–H groups in total. The lowest BCUT2D eigenvalue weighted by Gasteiger charge is -2.32. The molecule has 198 valence electrons. The predicted octanol–water partition coefficient (Wildman–Crippen LogP) is 4.44. The summed E-state index contributed by atoms with van der Waals surface area (Å²) in [6.07, 6.45) is 4.75. The van der Waals surface area contributed by atoms with Crippen LogP contribution in [0.4, 0.5) is 0 Å². The Hall–Kier alpha value is -3.91. The normalized spacial score (nSPS) is 15.3. The van der Waals surface area contributed by atoms with Gasteiger partial charge >= 0.3 is 0 Å². The van der Waals surface area contributed by atoms with E-state index >= 15 is 0 Å². The van der Waals surface area contributed by atoms with Crippen LogP contribution < -0.4 is 14.8 Å². The molecule has 38 heavy (non-hydrogen) atoms. The number of carbonyl (C=O) groups excluding carboxylic acids is 1. The highest BCUT2D eigenvalue weighted by molar-refractivity contribution is 5.83. The Morgan fingerprint density at radius 1 is 1.05 bits per heavy atom. The smallest absolute Gasteiger partial charge is 0.224 e. The van der Waals surface area contributed by atoms with Gasteiger partial charge in [-0.1, -0.05) is 42.5 Å². The van der Waals surface area contributed by atoms with Crippen LogP contribution in [0.2, 0.25) is 0 Å². The Labute approximate surface area is 223 Å². The number of nitrogens with one attached hydrogen (secondary N) is 2. The lowest BCUT2D eigenvalue weighted by molar-refractivity contribution is -0.127. The molecule has 8 heteroatoms. The zero-order valence-electron chi connectivity index (χ0n) is 22.2. The van der Waals surface area contributed by atoms with E-state index in [1.54, 1.807) is 20.3 Å². The molecule has 1 saturated heterocycles. The standard InChI is InChI=1S/C30H35N5O3/c1-20-8-4-5-9-23(20)28(29-32-26(37-2)18-27(33-29)38-3)34-30(36)21-12-15-35(16-13-21)17-14-22-19-31-25-11-7-6-10-24(22)25/h4-11,18-19,21,28,31H,12-17H2,1-3H3,(H,34,36). The molecule has 1 amide bonds. The third kappa shape index (κ3) is 5.65. The molecule has 5 rings (SSSR count). The number of nitrogens with zero attached hydrogens (tertiary/aromatic N) is 3. The average molecular weight is 514 g/mol. The van der Waals surface area contributed by atoms with Crippen LogP contribution in [0.15, 0.2) is 60.8 Å². The monoisotopic (exact) mass is 513 g/mol. The summed E-state index contributed by atoms with van der Waals surface area (Å²) in [5.41, 5.74) is 4.52. The Morgan fingerprint density at radius 3 is 2.45 bits per heavy atom. The number of aromatic nitrogens is 3. The third-order valence-corrected chi connectivity index (χ3v) is 7.49. The summed E-state index contributed by atoms with van der Waals surface area (Å²) in [6.45, 7) is 4.81. The summed E-state index contributed by atoms with van der Waals surface area (Å²) in [7, 11) is 3.11. The second kappa shape index (κ2) is 11.6. The van der Waals surface area contributed by atoms with Crippen molar-refractivity contribution in [2.75, 3.05) is 33.9 Å². The van der Waals surface area contributed by atoms with E-state index in [4.69, 9.17) is 9.47 Å². The summed E-state index contributed by atoms with van der Waals surface area (Å²) in [4.78, 5) is 28.5. The van der Waals surface area contributed by atoms with E-state index in [0.29, 0.717) is 17.6 Å². The Balaban J connectivity index is 1.25. The number of amides is 1. The number of fused-ring (bicyclic) bond motifs is 1. The molecule has 8 nitrogen and oxygen atoms in total. The van der Waals surface area contributed by atoms with Crippen LogP contribution in [-0.2, 0) is 11.2 Å². The van der Waals surface area contributed by atoms with Gasteiger partial charge in [0.05, 0.1) is 20.3 Å². The van der Waals surface area contributed by atoms with E-state index in [0.717, 1.165) is 50.0 Å². The van der Waals surface area contributed by atoms with Gasteiger partial charge in [-0.2, -0.15) is 9.97 Å². The van der Waals surface area contributed by atoms with E-state index in [-0.39, 0.29) is 11.8 Å². The van der Waals surface area contributed by atoms with Crippen LogP contribution in [-0.4, -0.2) is 59.6 Å². The minimum absolute atomic E-state index is 0.0277. The van der Waals surface area contributed by atoms with Gasteiger partial charge < -0.3 is 24.7 Å². The first-order valence-corrected chi connectivity index (χ1v) is 13.2. The van der Waals surface area contributed by atoms with Crippen LogP contribution >= 0.6 is 0 Å². The lowest BCUT2D eigenvalue weighted by Crippen LogP contribution is -2.42. The topological polar surface area (TPSA) is 92.4 Å². The summed E-state index contributed by atoms with van der Waals surface area (Å²) in [5.74, 6) is 1.20. The molecule has 2 aromatic heterocycles. The maximum Gasteiger partial charge on any atom is 0.224 e. The van der Waals surface area contributed by atoms with Crippen molar-refractivity contribution in [3.8, 4) is 11.8 Å². The van der Waals surface area contributed by atoms with Crippen molar-refractivity contribution in [1.29, 1.82) is 0 Å². The predicted molar refractivity (Wildman–Crippen MR) is 147 cm³/mol. The number of hydrogen-bond donors (Lipinski definition) is 2. The molecule has 4 aromatic rings. The maximum atomic E-state index is 13.5. The van der Waals surface area contributed by atoms with Gasteiger partial charge in [-0.15, -0.1) is 0 Å². The summed E-state index contributed by atoms with van der Waals surface area (Å²) >= 11 is 0. The number of benzene rings is 2. The van der Waals surface area contributed by atoms with Gasteiger partial charge in [0, 0.05) is 29.6 Å². The van der Waals surface area contributed by atoms with Gasteiger partial charge in [-0.25, -0.2) is 0 Å². The van der Waals surface area contributed by atoms with E-state index < -0.39 is 6.04 Å². The number of methoxy groups -OCH3 is 2. The number of hydrogen-bond acceptors (Lipinski definition) is 6. The number of likely N-dealkylation sites (tertiary alicyclic amines) is 1. The molecule has 1 aliphatic rings. The van der Waals surface area contributed by atoms with Crippen molar-refractivity contribution in [1.82, 2.24) is 25.2 Å². The van der Waals surface area contributed by atoms with Crippen molar-refractivity contribution in [3.05, 3.63) is 83.3 Å². The zero-order chi connectivity index (χ0) is 26.5. The van der Waals surface area contributed by atoms with Gasteiger partial charge in [0.15, 0.2) is 5.82 Å². The molecule has 0 aliphatic carbocycles. The molecule has 1 atom stereocenters. The number of carbonyl (C=O) groups is 1. The maximum absolute atomic E-state index is 13.5. The van der Waals surface area contributed by atoms with Crippen molar-refractivity contribution < 1.29 is 14.3 Å². The van der Waals surface area contributed by atoms with Crippen molar-refractivity contribution in [2.45, 2.75) is 32.2 Å². The molecule has 1 fully saturated rings. The first kappa shape index (κ1) is 25.7. The van der Waals surface area contributed by atoms with Gasteiger partial charge in [-0.3, -0.25) is 4.79 Å². The molecule has 0 spiro atoms. The van der Waals surface area contributed by atoms with E-state index in [9.17, 15) is 4.79 Å². The quantitative estimate of drug-likeness (QED) is 0.344. The van der Waals surface area contributed by atoms with Crippen molar-refractivity contribution in [3.63, 3.8) is 0 Å². The zero-order valence-corrected chi connectivity index (χ0v) is 22.2. The number of aromatic amines is 1. The van der Waals surface area contributed by atoms with Gasteiger partial charge in [-0.05, 0) is 62.0 Å². The fourth-order valence-electron chi connectivity index (χ4n) is 5.25. The number of rotatable bonds is 9. The molecule has 0 radical (unpaired) electrons. The van der Waals surface area contributed by atoms with Gasteiger partial charge in [0.1, 0.15) is 6.04 Å². The Bertz CT molecular complexity index is 1370. The fraction of sp³-hybridized carbons (Fsp3) is 0.367. The van der Waals surface area contributed by atoms with Crippen LogP contribution in [0.1, 0.15) is 41.4 Å². The summed E-state index contributed by atoms with van der Waals surface area (Å²) in [6, 6.07) is 17.5. The third-order valence-electron chi connectivity index (χ3n) is 7.49. The fourth-order valence-corrected chi connectivity index (χ4v) is 5.25. The largest absolute Gasteiger partial charge is 0.481 e. The molecule has 1 unspecified atom stereocenters.